The number of nitrogens with zero attached hydrogens (tertiary/aromatic N) is 1. The number of hydrogen-bond acceptors (Lipinski definition) is 3. The van der Waals surface area contributed by atoms with E-state index in [9.17, 15) is 4.79 Å². The van der Waals surface area contributed by atoms with Gasteiger partial charge in [0.2, 0.25) is 0 Å². The van der Waals surface area contributed by atoms with Crippen LogP contribution in [0.5, 0.6) is 0 Å². The number of carbonyl (C=O) groups excluding carboxylic acids is 1. The van der Waals surface area contributed by atoms with Crippen molar-refractivity contribution in [2.75, 3.05) is 39.4 Å². The number of ether oxygens (including phenoxy) is 1. The topological polar surface area (TPSA) is 53.6 Å². The number of nitrogens with one attached hydrogen (secondary N) is 2. The first-order chi connectivity index (χ1) is 7.68. The molecule has 2 N–H and O–H groups in total. The number of allylic oxidation sites excluding steroid dienone is 1. The van der Waals surface area contributed by atoms with Crippen molar-refractivity contribution in [3.05, 3.63) is 12.3 Å². The van der Waals surface area contributed by atoms with Gasteiger partial charge in [-0.3, -0.25) is 4.90 Å². The highest BCUT2D eigenvalue weighted by atomic mass is 16.5. The lowest BCUT2D eigenvalue weighted by Gasteiger charge is -2.26. The van der Waals surface area contributed by atoms with Gasteiger partial charge in [0.05, 0.1) is 13.2 Å². The van der Waals surface area contributed by atoms with Crippen molar-refractivity contribution < 1.29 is 9.53 Å². The molecular formula is C11H21N3O2. The average molecular weight is 227 g/mol. The fourth-order valence-corrected chi connectivity index (χ4v) is 1.57. The molecule has 1 saturated heterocycles. The molecule has 0 aromatic rings. The molecule has 0 radical (unpaired) electrons. The molecular weight excluding hydrogens is 206 g/mol. The summed E-state index contributed by atoms with van der Waals surface area (Å²) in [5, 5.41) is 5.39. The van der Waals surface area contributed by atoms with Gasteiger partial charge >= 0.3 is 6.03 Å². The molecule has 92 valence electrons. The van der Waals surface area contributed by atoms with Crippen LogP contribution < -0.4 is 10.6 Å². The van der Waals surface area contributed by atoms with Crippen LogP contribution in [0.4, 0.5) is 4.79 Å². The van der Waals surface area contributed by atoms with Crippen molar-refractivity contribution in [2.24, 2.45) is 0 Å². The highest BCUT2D eigenvalue weighted by Gasteiger charge is 2.09. The third-order valence-electron chi connectivity index (χ3n) is 2.37. The summed E-state index contributed by atoms with van der Waals surface area (Å²) in [6.07, 6.45) is 0.962. The second kappa shape index (κ2) is 7.24. The molecule has 0 unspecified atom stereocenters. The predicted molar refractivity (Wildman–Crippen MR) is 63.2 cm³/mol. The molecule has 1 heterocycles. The van der Waals surface area contributed by atoms with Crippen molar-refractivity contribution >= 4 is 6.03 Å². The number of rotatable bonds is 5. The van der Waals surface area contributed by atoms with E-state index in [2.05, 4.69) is 22.1 Å². The Morgan fingerprint density at radius 1 is 1.44 bits per heavy atom. The Morgan fingerprint density at radius 3 is 2.75 bits per heavy atom. The zero-order valence-corrected chi connectivity index (χ0v) is 9.92. The number of carbonyl (C=O) groups is 1. The van der Waals surface area contributed by atoms with Crippen LogP contribution in [0, 0.1) is 0 Å². The summed E-state index contributed by atoms with van der Waals surface area (Å²) in [6, 6.07) is -0.172. The summed E-state index contributed by atoms with van der Waals surface area (Å²) in [7, 11) is 0. The maximum atomic E-state index is 11.2. The van der Waals surface area contributed by atoms with E-state index >= 15 is 0 Å². The standard InChI is InChI=1S/C11H21N3O2/c1-10(2)13-11(15)12-4-3-5-14-6-8-16-9-7-14/h1,3-9H2,2H3,(H2,12,13,15). The molecule has 0 spiro atoms. The van der Waals surface area contributed by atoms with Gasteiger partial charge in [0.1, 0.15) is 0 Å². The minimum Gasteiger partial charge on any atom is -0.379 e. The Labute approximate surface area is 96.8 Å². The molecule has 5 nitrogen and oxygen atoms in total. The van der Waals surface area contributed by atoms with Crippen LogP contribution in [0.2, 0.25) is 0 Å². The number of hydrogen-bond donors (Lipinski definition) is 2. The molecule has 16 heavy (non-hydrogen) atoms. The zero-order valence-electron chi connectivity index (χ0n) is 9.92. The van der Waals surface area contributed by atoms with Crippen LogP contribution in [0.25, 0.3) is 0 Å². The van der Waals surface area contributed by atoms with Gasteiger partial charge in [-0.1, -0.05) is 6.58 Å². The van der Waals surface area contributed by atoms with Crippen molar-refractivity contribution in [1.29, 1.82) is 0 Å². The minimum atomic E-state index is -0.172. The van der Waals surface area contributed by atoms with Crippen molar-refractivity contribution in [2.45, 2.75) is 13.3 Å². The number of urea groups is 1. The Hall–Kier alpha value is -1.07. The van der Waals surface area contributed by atoms with Gasteiger partial charge in [0.15, 0.2) is 0 Å². The molecule has 2 amide bonds. The average Bonchev–Trinajstić information content (AvgIpc) is 2.25. The molecule has 0 bridgehead atoms. The molecule has 0 saturated carbocycles. The summed E-state index contributed by atoms with van der Waals surface area (Å²) in [4.78, 5) is 13.5. The van der Waals surface area contributed by atoms with Gasteiger partial charge < -0.3 is 15.4 Å². The SMILES string of the molecule is C=C(C)NC(=O)NCCCN1CCOCC1. The van der Waals surface area contributed by atoms with Gasteiger partial charge in [0, 0.05) is 25.3 Å². The summed E-state index contributed by atoms with van der Waals surface area (Å²) in [5.74, 6) is 0. The van der Waals surface area contributed by atoms with Crippen LogP contribution in [0.15, 0.2) is 12.3 Å². The smallest absolute Gasteiger partial charge is 0.318 e. The van der Waals surface area contributed by atoms with Gasteiger partial charge in [0.25, 0.3) is 0 Å². The fraction of sp³-hybridized carbons (Fsp3) is 0.727. The molecule has 1 rings (SSSR count). The van der Waals surface area contributed by atoms with Crippen molar-refractivity contribution in [3.8, 4) is 0 Å². The van der Waals surface area contributed by atoms with E-state index in [0.717, 1.165) is 39.3 Å². The van der Waals surface area contributed by atoms with Gasteiger partial charge in [-0.25, -0.2) is 4.79 Å². The molecule has 0 aliphatic carbocycles. The normalized spacial score (nSPS) is 16.8. The highest BCUT2D eigenvalue weighted by molar-refractivity contribution is 5.75. The predicted octanol–water partition coefficient (Wildman–Crippen LogP) is 0.541. The van der Waals surface area contributed by atoms with Crippen molar-refractivity contribution in [1.82, 2.24) is 15.5 Å². The molecule has 0 atom stereocenters. The number of morpholine rings is 1. The molecule has 5 heteroatoms. The van der Waals surface area contributed by atoms with E-state index in [4.69, 9.17) is 4.74 Å². The lowest BCUT2D eigenvalue weighted by Crippen LogP contribution is -2.39. The van der Waals surface area contributed by atoms with Gasteiger partial charge in [-0.15, -0.1) is 0 Å². The quantitative estimate of drug-likeness (QED) is 0.674. The van der Waals surface area contributed by atoms with E-state index in [0.29, 0.717) is 12.2 Å². The largest absolute Gasteiger partial charge is 0.379 e. The zero-order chi connectivity index (χ0) is 11.8. The lowest BCUT2D eigenvalue weighted by atomic mass is 10.3. The van der Waals surface area contributed by atoms with Crippen LogP contribution >= 0.6 is 0 Å². The minimum absolute atomic E-state index is 0.172. The summed E-state index contributed by atoms with van der Waals surface area (Å²) in [5.41, 5.74) is 0.658. The molecule has 0 aromatic heterocycles. The number of amides is 2. The third kappa shape index (κ3) is 5.72. The Balaban J connectivity index is 1.98. The Morgan fingerprint density at radius 2 is 2.12 bits per heavy atom. The van der Waals surface area contributed by atoms with Crippen molar-refractivity contribution in [3.63, 3.8) is 0 Å². The lowest BCUT2D eigenvalue weighted by molar-refractivity contribution is 0.0375. The Kier molecular flexibility index (Phi) is 5.88. The molecule has 1 aliphatic rings. The van der Waals surface area contributed by atoms with Gasteiger partial charge in [-0.05, 0) is 19.9 Å². The van der Waals surface area contributed by atoms with E-state index in [1.54, 1.807) is 6.92 Å². The van der Waals surface area contributed by atoms with Crippen LogP contribution in [0.3, 0.4) is 0 Å². The van der Waals surface area contributed by atoms with Crippen LogP contribution in [-0.4, -0.2) is 50.3 Å². The maximum Gasteiger partial charge on any atom is 0.318 e. The van der Waals surface area contributed by atoms with E-state index in [-0.39, 0.29) is 6.03 Å². The first kappa shape index (κ1) is 13.0. The molecule has 1 aliphatic heterocycles. The summed E-state index contributed by atoms with van der Waals surface area (Å²) < 4.78 is 5.26. The maximum absolute atomic E-state index is 11.2. The van der Waals surface area contributed by atoms with Gasteiger partial charge in [-0.2, -0.15) is 0 Å². The van der Waals surface area contributed by atoms with E-state index in [1.165, 1.54) is 0 Å². The summed E-state index contributed by atoms with van der Waals surface area (Å²) in [6.45, 7) is 10.7. The fourth-order valence-electron chi connectivity index (χ4n) is 1.57. The Bertz CT molecular complexity index is 237. The molecule has 0 aromatic carbocycles. The summed E-state index contributed by atoms with van der Waals surface area (Å²) >= 11 is 0. The van der Waals surface area contributed by atoms with E-state index < -0.39 is 0 Å². The van der Waals surface area contributed by atoms with Crippen LogP contribution in [0.1, 0.15) is 13.3 Å². The molecule has 1 fully saturated rings. The van der Waals surface area contributed by atoms with Crippen LogP contribution in [-0.2, 0) is 4.74 Å². The first-order valence-corrected chi connectivity index (χ1v) is 5.69. The monoisotopic (exact) mass is 227 g/mol. The third-order valence-corrected chi connectivity index (χ3v) is 2.37. The van der Waals surface area contributed by atoms with E-state index in [1.807, 2.05) is 0 Å². The second-order valence-electron chi connectivity index (χ2n) is 3.97. The highest BCUT2D eigenvalue weighted by Crippen LogP contribution is 1.97. The first-order valence-electron chi connectivity index (χ1n) is 5.69. The second-order valence-corrected chi connectivity index (χ2v) is 3.97.